The van der Waals surface area contributed by atoms with Crippen molar-refractivity contribution in [3.8, 4) is 0 Å². The van der Waals surface area contributed by atoms with Crippen molar-refractivity contribution in [3.05, 3.63) is 24.8 Å². The highest BCUT2D eigenvalue weighted by molar-refractivity contribution is 5.75. The Morgan fingerprint density at radius 2 is 2.08 bits per heavy atom. The smallest absolute Gasteiger partial charge is 0.311 e. The van der Waals surface area contributed by atoms with Gasteiger partial charge in [0.2, 0.25) is 0 Å². The summed E-state index contributed by atoms with van der Waals surface area (Å²) in [5, 5.41) is 0. The maximum absolute atomic E-state index is 11.2. The molecule has 0 heterocycles. The molecule has 0 saturated carbocycles. The highest BCUT2D eigenvalue weighted by atomic mass is 16.5. The third-order valence-electron chi connectivity index (χ3n) is 1.40. The number of hydrogen-bond donors (Lipinski definition) is 0. The summed E-state index contributed by atoms with van der Waals surface area (Å²) >= 11 is 0. The summed E-state index contributed by atoms with van der Waals surface area (Å²) in [4.78, 5) is 11.2. The van der Waals surface area contributed by atoms with Crippen LogP contribution in [0.5, 0.6) is 0 Å². The number of esters is 1. The van der Waals surface area contributed by atoms with Crippen molar-refractivity contribution in [1.29, 1.82) is 0 Å². The number of carbonyl (C=O) groups excluding carboxylic acids is 1. The van der Waals surface area contributed by atoms with Gasteiger partial charge in [-0.25, -0.2) is 0 Å². The van der Waals surface area contributed by atoms with E-state index < -0.39 is 5.41 Å². The lowest BCUT2D eigenvalue weighted by Gasteiger charge is -2.15. The first-order valence-electron chi connectivity index (χ1n) is 4.43. The zero-order chi connectivity index (χ0) is 10.3. The minimum absolute atomic E-state index is 0.153. The maximum Gasteiger partial charge on any atom is 0.311 e. The Balaban J connectivity index is 3.60. The quantitative estimate of drug-likeness (QED) is 0.379. The monoisotopic (exact) mass is 182 g/mol. The Morgan fingerprint density at radius 1 is 1.46 bits per heavy atom. The molecule has 13 heavy (non-hydrogen) atoms. The minimum Gasteiger partial charge on any atom is -0.465 e. The van der Waals surface area contributed by atoms with Crippen molar-refractivity contribution in [2.24, 2.45) is 5.41 Å². The molecule has 0 rings (SSSR count). The van der Waals surface area contributed by atoms with Crippen LogP contribution in [0.4, 0.5) is 0 Å². The second-order valence-corrected chi connectivity index (χ2v) is 3.84. The average Bonchev–Trinajstić information content (AvgIpc) is 2.02. The molecular weight excluding hydrogens is 164 g/mol. The van der Waals surface area contributed by atoms with E-state index in [0.29, 0.717) is 6.61 Å². The molecule has 0 bridgehead atoms. The van der Waals surface area contributed by atoms with Crippen molar-refractivity contribution in [2.75, 3.05) is 6.61 Å². The van der Waals surface area contributed by atoms with Gasteiger partial charge in [-0.1, -0.05) is 24.8 Å². The molecule has 74 valence electrons. The SMILES string of the molecule is C=C/C=C/CCOC(=O)C(C)(C)C. The van der Waals surface area contributed by atoms with Gasteiger partial charge in [0, 0.05) is 0 Å². The third kappa shape index (κ3) is 6.14. The van der Waals surface area contributed by atoms with Crippen molar-refractivity contribution >= 4 is 5.97 Å². The molecule has 0 radical (unpaired) electrons. The molecular formula is C11H18O2. The predicted octanol–water partition coefficient (Wildman–Crippen LogP) is 2.71. The van der Waals surface area contributed by atoms with E-state index in [4.69, 9.17) is 4.74 Å². The largest absolute Gasteiger partial charge is 0.465 e. The molecule has 0 fully saturated rings. The van der Waals surface area contributed by atoms with E-state index in [1.807, 2.05) is 32.9 Å². The van der Waals surface area contributed by atoms with E-state index in [-0.39, 0.29) is 5.97 Å². The summed E-state index contributed by atoms with van der Waals surface area (Å²) in [5.41, 5.74) is -0.401. The summed E-state index contributed by atoms with van der Waals surface area (Å²) in [7, 11) is 0. The normalized spacial score (nSPS) is 11.6. The van der Waals surface area contributed by atoms with Crippen LogP contribution in [-0.2, 0) is 9.53 Å². The fourth-order valence-electron chi connectivity index (χ4n) is 0.629. The second kappa shape index (κ2) is 5.57. The maximum atomic E-state index is 11.2. The van der Waals surface area contributed by atoms with Crippen molar-refractivity contribution in [2.45, 2.75) is 27.2 Å². The Bertz CT molecular complexity index is 197. The van der Waals surface area contributed by atoms with Crippen LogP contribution in [-0.4, -0.2) is 12.6 Å². The molecule has 0 spiro atoms. The van der Waals surface area contributed by atoms with Crippen molar-refractivity contribution < 1.29 is 9.53 Å². The highest BCUT2D eigenvalue weighted by Crippen LogP contribution is 2.14. The van der Waals surface area contributed by atoms with Gasteiger partial charge in [0.15, 0.2) is 0 Å². The molecule has 0 N–H and O–H groups in total. The van der Waals surface area contributed by atoms with E-state index in [2.05, 4.69) is 6.58 Å². The lowest BCUT2D eigenvalue weighted by Crippen LogP contribution is -2.23. The van der Waals surface area contributed by atoms with Crippen LogP contribution in [0.15, 0.2) is 24.8 Å². The molecule has 0 atom stereocenters. The number of rotatable bonds is 4. The van der Waals surface area contributed by atoms with Gasteiger partial charge < -0.3 is 4.74 Å². The third-order valence-corrected chi connectivity index (χ3v) is 1.40. The summed E-state index contributed by atoms with van der Waals surface area (Å²) < 4.78 is 5.03. The van der Waals surface area contributed by atoms with Crippen LogP contribution in [0, 0.1) is 5.41 Å². The van der Waals surface area contributed by atoms with Gasteiger partial charge >= 0.3 is 5.97 Å². The molecule has 2 nitrogen and oxygen atoms in total. The summed E-state index contributed by atoms with van der Waals surface area (Å²) in [6.07, 6.45) is 6.20. The first kappa shape index (κ1) is 11.9. The van der Waals surface area contributed by atoms with E-state index in [1.54, 1.807) is 6.08 Å². The fraction of sp³-hybridized carbons (Fsp3) is 0.545. The van der Waals surface area contributed by atoms with Gasteiger partial charge in [0.25, 0.3) is 0 Å². The molecule has 0 aromatic heterocycles. The zero-order valence-corrected chi connectivity index (χ0v) is 8.67. The lowest BCUT2D eigenvalue weighted by atomic mass is 9.97. The average molecular weight is 182 g/mol. The number of hydrogen-bond acceptors (Lipinski definition) is 2. The van der Waals surface area contributed by atoms with Crippen molar-refractivity contribution in [3.63, 3.8) is 0 Å². The van der Waals surface area contributed by atoms with Gasteiger partial charge in [-0.05, 0) is 27.2 Å². The van der Waals surface area contributed by atoms with Gasteiger partial charge in [-0.2, -0.15) is 0 Å². The standard InChI is InChI=1S/C11H18O2/c1-5-6-7-8-9-13-10(12)11(2,3)4/h5-7H,1,8-9H2,2-4H3/b7-6+. The molecule has 0 aliphatic rings. The Hall–Kier alpha value is -1.05. The van der Waals surface area contributed by atoms with Crippen LogP contribution < -0.4 is 0 Å². The van der Waals surface area contributed by atoms with E-state index in [0.717, 1.165) is 6.42 Å². The summed E-state index contributed by atoms with van der Waals surface area (Å²) in [6, 6.07) is 0. The lowest BCUT2D eigenvalue weighted by molar-refractivity contribution is -0.152. The molecule has 0 aliphatic heterocycles. The number of carbonyl (C=O) groups is 1. The minimum atomic E-state index is -0.401. The molecule has 0 aliphatic carbocycles. The molecule has 0 amide bonds. The molecule has 2 heteroatoms. The number of allylic oxidation sites excluding steroid dienone is 2. The van der Waals surface area contributed by atoms with Crippen LogP contribution in [0.1, 0.15) is 27.2 Å². The Morgan fingerprint density at radius 3 is 2.54 bits per heavy atom. The van der Waals surface area contributed by atoms with Gasteiger partial charge in [0.05, 0.1) is 12.0 Å². The van der Waals surface area contributed by atoms with E-state index in [1.165, 1.54) is 0 Å². The van der Waals surface area contributed by atoms with Crippen LogP contribution in [0.25, 0.3) is 0 Å². The summed E-state index contributed by atoms with van der Waals surface area (Å²) in [6.45, 7) is 9.51. The predicted molar refractivity (Wildman–Crippen MR) is 54.4 cm³/mol. The topological polar surface area (TPSA) is 26.3 Å². The molecule has 0 aromatic carbocycles. The molecule has 0 saturated heterocycles. The number of ether oxygens (including phenoxy) is 1. The summed E-state index contributed by atoms with van der Waals surface area (Å²) in [5.74, 6) is -0.153. The fourth-order valence-corrected chi connectivity index (χ4v) is 0.629. The van der Waals surface area contributed by atoms with E-state index in [9.17, 15) is 4.79 Å². The van der Waals surface area contributed by atoms with E-state index >= 15 is 0 Å². The van der Waals surface area contributed by atoms with Gasteiger partial charge in [-0.3, -0.25) is 4.79 Å². The molecule has 0 aromatic rings. The Labute approximate surface area is 80.3 Å². The van der Waals surface area contributed by atoms with Crippen molar-refractivity contribution in [1.82, 2.24) is 0 Å². The van der Waals surface area contributed by atoms with Crippen LogP contribution in [0.3, 0.4) is 0 Å². The van der Waals surface area contributed by atoms with Crippen LogP contribution in [0.2, 0.25) is 0 Å². The first-order valence-corrected chi connectivity index (χ1v) is 4.43. The van der Waals surface area contributed by atoms with Gasteiger partial charge in [0.1, 0.15) is 0 Å². The first-order chi connectivity index (χ1) is 5.98. The Kier molecular flexibility index (Phi) is 5.12. The second-order valence-electron chi connectivity index (χ2n) is 3.84. The van der Waals surface area contributed by atoms with Crippen LogP contribution >= 0.6 is 0 Å². The molecule has 0 unspecified atom stereocenters. The van der Waals surface area contributed by atoms with Gasteiger partial charge in [-0.15, -0.1) is 0 Å². The zero-order valence-electron chi connectivity index (χ0n) is 8.67. The highest BCUT2D eigenvalue weighted by Gasteiger charge is 2.22.